The van der Waals surface area contributed by atoms with Crippen molar-refractivity contribution < 1.29 is 0 Å². The molecule has 1 aliphatic carbocycles. The Morgan fingerprint density at radius 1 is 1.10 bits per heavy atom. The smallest absolute Gasteiger partial charge is 0.00914 e. The second-order valence-electron chi connectivity index (χ2n) is 9.50. The van der Waals surface area contributed by atoms with Crippen LogP contribution in [0.25, 0.3) is 0 Å². The van der Waals surface area contributed by atoms with Crippen molar-refractivity contribution in [3.05, 3.63) is 59.8 Å². The Hall–Kier alpha value is -1.30. The number of unbranched alkanes of at least 4 members (excludes halogenated alkanes) is 1. The quantitative estimate of drug-likeness (QED) is 0.242. The highest BCUT2D eigenvalue weighted by Gasteiger charge is 2.30. The third kappa shape index (κ3) is 8.15. The molecule has 1 rings (SSSR count). The van der Waals surface area contributed by atoms with Crippen LogP contribution in [0, 0.1) is 23.7 Å². The summed E-state index contributed by atoms with van der Waals surface area (Å²) in [6.45, 7) is 22.5. The molecule has 0 saturated carbocycles. The van der Waals surface area contributed by atoms with Crippen LogP contribution in [-0.4, -0.2) is 0 Å². The van der Waals surface area contributed by atoms with Crippen LogP contribution in [0.2, 0.25) is 0 Å². The molecule has 0 saturated heterocycles. The minimum atomic E-state index is 0.519. The number of hydrogen-bond donors (Lipinski definition) is 0. The molecule has 0 aliphatic heterocycles. The van der Waals surface area contributed by atoms with E-state index in [9.17, 15) is 0 Å². The molecule has 1 aliphatic rings. The second-order valence-corrected chi connectivity index (χ2v) is 9.50. The van der Waals surface area contributed by atoms with Gasteiger partial charge in [0.05, 0.1) is 0 Å². The molecule has 0 amide bonds. The van der Waals surface area contributed by atoms with E-state index < -0.39 is 0 Å². The predicted molar refractivity (Wildman–Crippen MR) is 133 cm³/mol. The average Bonchev–Trinajstić information content (AvgIpc) is 3.05. The second kappa shape index (κ2) is 13.8. The standard InChI is InChI=1S/C29H48/c1-9-13-15-17-28-27(20-25(12-4)16-14-10-2)21-26(19-18-22(5)6)29(28)24(8)23(7)11-3/h9,13,15,21-23,25,28H,1,8,10-12,14,16-20H2,2-7H3/b15-13+. The molecule has 0 heteroatoms. The van der Waals surface area contributed by atoms with Gasteiger partial charge < -0.3 is 0 Å². The zero-order valence-corrected chi connectivity index (χ0v) is 20.4. The molecule has 0 bridgehead atoms. The van der Waals surface area contributed by atoms with E-state index in [4.69, 9.17) is 0 Å². The van der Waals surface area contributed by atoms with Crippen LogP contribution < -0.4 is 0 Å². The molecule has 0 aromatic rings. The third-order valence-corrected chi connectivity index (χ3v) is 6.76. The molecule has 3 unspecified atom stereocenters. The first-order valence-electron chi connectivity index (χ1n) is 12.3. The van der Waals surface area contributed by atoms with Crippen molar-refractivity contribution in [2.45, 2.75) is 99.3 Å². The van der Waals surface area contributed by atoms with Crippen molar-refractivity contribution in [1.29, 1.82) is 0 Å². The molecule has 0 nitrogen and oxygen atoms in total. The fourth-order valence-corrected chi connectivity index (χ4v) is 4.46. The lowest BCUT2D eigenvalue weighted by Gasteiger charge is -2.26. The molecule has 29 heavy (non-hydrogen) atoms. The van der Waals surface area contributed by atoms with Gasteiger partial charge in [0, 0.05) is 5.92 Å². The SMILES string of the molecule is C=C/C=C/CC1C(CC(CC)CCCC)=CC(CCC(C)C)=C1C(=C)C(C)CC. The lowest BCUT2D eigenvalue weighted by atomic mass is 9.79. The first kappa shape index (κ1) is 25.7. The molecule has 0 spiro atoms. The van der Waals surface area contributed by atoms with Crippen molar-refractivity contribution in [3.8, 4) is 0 Å². The first-order valence-corrected chi connectivity index (χ1v) is 12.3. The Bertz CT molecular complexity index is 596. The molecular formula is C29H48. The van der Waals surface area contributed by atoms with E-state index in [2.05, 4.69) is 72.9 Å². The van der Waals surface area contributed by atoms with Gasteiger partial charge in [-0.3, -0.25) is 0 Å². The van der Waals surface area contributed by atoms with Crippen molar-refractivity contribution >= 4 is 0 Å². The maximum absolute atomic E-state index is 4.61. The van der Waals surface area contributed by atoms with Gasteiger partial charge in [-0.05, 0) is 66.6 Å². The van der Waals surface area contributed by atoms with Crippen LogP contribution in [0.4, 0.5) is 0 Å². The monoisotopic (exact) mass is 396 g/mol. The fraction of sp³-hybridized carbons (Fsp3) is 0.655. The van der Waals surface area contributed by atoms with Gasteiger partial charge in [-0.15, -0.1) is 0 Å². The molecule has 164 valence electrons. The maximum Gasteiger partial charge on any atom is 0.00914 e. The van der Waals surface area contributed by atoms with E-state index in [1.807, 2.05) is 6.08 Å². The van der Waals surface area contributed by atoms with E-state index in [1.165, 1.54) is 56.9 Å². The summed E-state index contributed by atoms with van der Waals surface area (Å²) in [6, 6.07) is 0. The summed E-state index contributed by atoms with van der Waals surface area (Å²) in [7, 11) is 0. The summed E-state index contributed by atoms with van der Waals surface area (Å²) in [5.41, 5.74) is 6.21. The van der Waals surface area contributed by atoms with Gasteiger partial charge in [-0.1, -0.05) is 110 Å². The van der Waals surface area contributed by atoms with Gasteiger partial charge in [0.2, 0.25) is 0 Å². The molecule has 0 heterocycles. The van der Waals surface area contributed by atoms with E-state index in [-0.39, 0.29) is 0 Å². The summed E-state index contributed by atoms with van der Waals surface area (Å²) in [5.74, 6) is 2.63. The summed E-state index contributed by atoms with van der Waals surface area (Å²) >= 11 is 0. The minimum absolute atomic E-state index is 0.519. The highest BCUT2D eigenvalue weighted by molar-refractivity contribution is 5.52. The fourth-order valence-electron chi connectivity index (χ4n) is 4.46. The van der Waals surface area contributed by atoms with Crippen LogP contribution >= 0.6 is 0 Å². The molecule has 0 aromatic carbocycles. The Morgan fingerprint density at radius 2 is 1.83 bits per heavy atom. The third-order valence-electron chi connectivity index (χ3n) is 6.76. The Morgan fingerprint density at radius 3 is 2.38 bits per heavy atom. The van der Waals surface area contributed by atoms with Gasteiger partial charge in [-0.25, -0.2) is 0 Å². The molecule has 0 N–H and O–H groups in total. The van der Waals surface area contributed by atoms with Crippen LogP contribution in [0.5, 0.6) is 0 Å². The number of rotatable bonds is 15. The highest BCUT2D eigenvalue weighted by atomic mass is 14.3. The Labute approximate surface area is 183 Å². The van der Waals surface area contributed by atoms with Crippen LogP contribution in [0.15, 0.2) is 59.8 Å². The van der Waals surface area contributed by atoms with Gasteiger partial charge in [0.15, 0.2) is 0 Å². The lowest BCUT2D eigenvalue weighted by molar-refractivity contribution is 0.434. The Kier molecular flexibility index (Phi) is 12.3. The summed E-state index contributed by atoms with van der Waals surface area (Å²) in [6.07, 6.45) is 20.2. The van der Waals surface area contributed by atoms with Crippen molar-refractivity contribution in [2.75, 3.05) is 0 Å². The zero-order chi connectivity index (χ0) is 21.8. The maximum atomic E-state index is 4.61. The van der Waals surface area contributed by atoms with Gasteiger partial charge >= 0.3 is 0 Å². The molecule has 3 atom stereocenters. The number of hydrogen-bond acceptors (Lipinski definition) is 0. The van der Waals surface area contributed by atoms with Gasteiger partial charge in [0.25, 0.3) is 0 Å². The van der Waals surface area contributed by atoms with Crippen LogP contribution in [0.3, 0.4) is 0 Å². The highest BCUT2D eigenvalue weighted by Crippen LogP contribution is 2.45. The zero-order valence-electron chi connectivity index (χ0n) is 20.4. The summed E-state index contributed by atoms with van der Waals surface area (Å²) in [4.78, 5) is 0. The normalized spacial score (nSPS) is 19.1. The minimum Gasteiger partial charge on any atom is -0.0991 e. The molecule has 0 radical (unpaired) electrons. The van der Waals surface area contributed by atoms with E-state index in [1.54, 1.807) is 16.7 Å². The van der Waals surface area contributed by atoms with Crippen molar-refractivity contribution in [2.24, 2.45) is 23.7 Å². The molecule has 0 aromatic heterocycles. The average molecular weight is 397 g/mol. The Balaban J connectivity index is 3.24. The van der Waals surface area contributed by atoms with E-state index in [0.29, 0.717) is 11.8 Å². The van der Waals surface area contributed by atoms with Crippen LogP contribution in [-0.2, 0) is 0 Å². The topological polar surface area (TPSA) is 0 Å². The van der Waals surface area contributed by atoms with Crippen molar-refractivity contribution in [3.63, 3.8) is 0 Å². The van der Waals surface area contributed by atoms with Crippen molar-refractivity contribution in [1.82, 2.24) is 0 Å². The first-order chi connectivity index (χ1) is 13.9. The van der Waals surface area contributed by atoms with Gasteiger partial charge in [0.1, 0.15) is 0 Å². The van der Waals surface area contributed by atoms with E-state index >= 15 is 0 Å². The molecular weight excluding hydrogens is 348 g/mol. The summed E-state index contributed by atoms with van der Waals surface area (Å²) < 4.78 is 0. The van der Waals surface area contributed by atoms with Gasteiger partial charge in [-0.2, -0.15) is 0 Å². The predicted octanol–water partition coefficient (Wildman–Crippen LogP) is 9.62. The van der Waals surface area contributed by atoms with E-state index in [0.717, 1.165) is 18.3 Å². The molecule has 0 fully saturated rings. The number of allylic oxidation sites excluding steroid dienone is 8. The largest absolute Gasteiger partial charge is 0.0991 e. The lowest BCUT2D eigenvalue weighted by Crippen LogP contribution is -2.13. The van der Waals surface area contributed by atoms with Crippen LogP contribution in [0.1, 0.15) is 99.3 Å². The summed E-state index contributed by atoms with van der Waals surface area (Å²) in [5, 5.41) is 0.